The second-order valence-electron chi connectivity index (χ2n) is 8.07. The van der Waals surface area contributed by atoms with Crippen molar-refractivity contribution in [2.75, 3.05) is 20.2 Å². The van der Waals surface area contributed by atoms with Gasteiger partial charge in [0.15, 0.2) is 5.96 Å². The summed E-state index contributed by atoms with van der Waals surface area (Å²) in [4.78, 5) is 20.9. The van der Waals surface area contributed by atoms with Crippen LogP contribution in [-0.4, -0.2) is 43.2 Å². The molecule has 1 heterocycles. The van der Waals surface area contributed by atoms with Gasteiger partial charge in [-0.15, -0.1) is 35.3 Å². The summed E-state index contributed by atoms with van der Waals surface area (Å²) in [6.45, 7) is 9.68. The van der Waals surface area contributed by atoms with Crippen LogP contribution in [0.15, 0.2) is 10.4 Å². The van der Waals surface area contributed by atoms with E-state index in [0.717, 1.165) is 55.3 Å². The summed E-state index contributed by atoms with van der Waals surface area (Å²) in [5.41, 5.74) is 1.26. The number of nitrogens with one attached hydrogen (secondary N) is 2. The van der Waals surface area contributed by atoms with Crippen LogP contribution in [0.2, 0.25) is 0 Å². The van der Waals surface area contributed by atoms with Crippen molar-refractivity contribution in [2.24, 2.45) is 10.9 Å². The van der Waals surface area contributed by atoms with Gasteiger partial charge in [-0.1, -0.05) is 20.8 Å². The average Bonchev–Trinajstić information content (AvgIpc) is 3.11. The van der Waals surface area contributed by atoms with E-state index in [0.29, 0.717) is 12.6 Å². The lowest BCUT2D eigenvalue weighted by Crippen LogP contribution is -2.45. The number of thiazole rings is 1. The molecule has 0 amide bonds. The van der Waals surface area contributed by atoms with Crippen molar-refractivity contribution < 1.29 is 9.53 Å². The summed E-state index contributed by atoms with van der Waals surface area (Å²) in [5, 5.41) is 10.2. The number of aliphatic imine (C=N–C) groups is 1. The molecule has 1 saturated carbocycles. The monoisotopic (exact) mass is 522 g/mol. The molecule has 0 atom stereocenters. The first-order valence-corrected chi connectivity index (χ1v) is 10.8. The number of hydrogen-bond acceptors (Lipinski definition) is 5. The summed E-state index contributed by atoms with van der Waals surface area (Å²) < 4.78 is 5.14. The first kappa shape index (κ1) is 25.1. The van der Waals surface area contributed by atoms with Crippen molar-refractivity contribution in [3.05, 3.63) is 16.1 Å². The maximum Gasteiger partial charge on any atom is 0.308 e. The highest BCUT2D eigenvalue weighted by molar-refractivity contribution is 14.0. The van der Waals surface area contributed by atoms with Crippen LogP contribution < -0.4 is 10.6 Å². The number of ether oxygens (including phenoxy) is 1. The topological polar surface area (TPSA) is 75.6 Å². The average molecular weight is 522 g/mol. The zero-order valence-electron chi connectivity index (χ0n) is 17.7. The number of halogens is 1. The third-order valence-electron chi connectivity index (χ3n) is 4.86. The van der Waals surface area contributed by atoms with E-state index in [-0.39, 0.29) is 41.3 Å². The molecule has 0 aromatic carbocycles. The minimum absolute atomic E-state index is 0. The number of carbonyl (C=O) groups excluding carboxylic acids is 1. The third-order valence-corrected chi connectivity index (χ3v) is 5.77. The van der Waals surface area contributed by atoms with E-state index in [1.165, 1.54) is 0 Å². The molecule has 2 rings (SSSR count). The number of carbonyl (C=O) groups is 1. The Balaban J connectivity index is 0.00000392. The number of nitrogens with zero attached hydrogens (tertiary/aromatic N) is 2. The molecular weight excluding hydrogens is 487 g/mol. The number of rotatable bonds is 6. The van der Waals surface area contributed by atoms with Gasteiger partial charge in [0.1, 0.15) is 0 Å². The van der Waals surface area contributed by atoms with Gasteiger partial charge in [-0.25, -0.2) is 4.98 Å². The van der Waals surface area contributed by atoms with Crippen LogP contribution in [0.4, 0.5) is 0 Å². The second kappa shape index (κ2) is 11.9. The lowest BCUT2D eigenvalue weighted by Gasteiger charge is -2.29. The van der Waals surface area contributed by atoms with Crippen molar-refractivity contribution >= 4 is 47.2 Å². The summed E-state index contributed by atoms with van der Waals surface area (Å²) in [6.07, 6.45) is 4.57. The minimum atomic E-state index is -0.0449. The smallest absolute Gasteiger partial charge is 0.308 e. The Bertz CT molecular complexity index is 634. The largest absolute Gasteiger partial charge is 0.466 e. The molecule has 6 nitrogen and oxygen atoms in total. The number of hydrogen-bond donors (Lipinski definition) is 2. The van der Waals surface area contributed by atoms with Gasteiger partial charge < -0.3 is 15.4 Å². The van der Waals surface area contributed by atoms with E-state index >= 15 is 0 Å². The molecule has 0 radical (unpaired) electrons. The van der Waals surface area contributed by atoms with Crippen LogP contribution in [0.1, 0.15) is 64.1 Å². The molecule has 1 aliphatic rings. The standard InChI is InChI=1S/C20H34N4O2S.HI/c1-6-26-18(25)14-7-9-15(10-8-14)23-19(21-5)22-12-11-17-24-16(13-27-17)20(2,3)4;/h13-15H,6-12H2,1-5H3,(H2,21,22,23);1H. The van der Waals surface area contributed by atoms with Crippen molar-refractivity contribution in [3.63, 3.8) is 0 Å². The highest BCUT2D eigenvalue weighted by Crippen LogP contribution is 2.25. The molecule has 1 aromatic rings. The lowest BCUT2D eigenvalue weighted by molar-refractivity contribution is -0.149. The van der Waals surface area contributed by atoms with Crippen LogP contribution in [0.5, 0.6) is 0 Å². The summed E-state index contributed by atoms with van der Waals surface area (Å²) in [5.74, 6) is 0.832. The molecule has 2 N–H and O–H groups in total. The second-order valence-corrected chi connectivity index (χ2v) is 9.01. The Hall–Kier alpha value is -0.900. The molecule has 8 heteroatoms. The van der Waals surface area contributed by atoms with Crippen molar-refractivity contribution in [3.8, 4) is 0 Å². The van der Waals surface area contributed by atoms with Crippen molar-refractivity contribution in [2.45, 2.75) is 71.3 Å². The van der Waals surface area contributed by atoms with E-state index in [1.54, 1.807) is 18.4 Å². The maximum atomic E-state index is 11.8. The van der Waals surface area contributed by atoms with Gasteiger partial charge in [-0.05, 0) is 32.6 Å². The zero-order chi connectivity index (χ0) is 19.9. The first-order valence-electron chi connectivity index (χ1n) is 9.92. The Kier molecular flexibility index (Phi) is 10.7. The predicted molar refractivity (Wildman–Crippen MR) is 127 cm³/mol. The van der Waals surface area contributed by atoms with Gasteiger partial charge in [-0.3, -0.25) is 9.79 Å². The molecule has 0 aliphatic heterocycles. The van der Waals surface area contributed by atoms with Gasteiger partial charge in [0.25, 0.3) is 0 Å². The number of aromatic nitrogens is 1. The minimum Gasteiger partial charge on any atom is -0.466 e. The third kappa shape index (κ3) is 7.85. The number of guanidine groups is 1. The summed E-state index contributed by atoms with van der Waals surface area (Å²) in [7, 11) is 1.79. The molecule has 0 bridgehead atoms. The van der Waals surface area contributed by atoms with Gasteiger partial charge in [0.05, 0.1) is 23.2 Å². The molecular formula is C20H35IN4O2S. The van der Waals surface area contributed by atoms with Gasteiger partial charge >= 0.3 is 5.97 Å². The normalized spacial score (nSPS) is 20.2. The van der Waals surface area contributed by atoms with Gasteiger partial charge in [0, 0.05) is 36.9 Å². The molecule has 0 unspecified atom stereocenters. The molecule has 1 fully saturated rings. The van der Waals surface area contributed by atoms with Gasteiger partial charge in [0.2, 0.25) is 0 Å². The Morgan fingerprint density at radius 1 is 1.32 bits per heavy atom. The molecule has 0 spiro atoms. The Morgan fingerprint density at radius 2 is 2.00 bits per heavy atom. The van der Waals surface area contributed by atoms with Crippen LogP contribution in [-0.2, 0) is 21.4 Å². The van der Waals surface area contributed by atoms with Crippen LogP contribution in [0.3, 0.4) is 0 Å². The molecule has 1 aliphatic carbocycles. The van der Waals surface area contributed by atoms with Crippen LogP contribution in [0, 0.1) is 5.92 Å². The fourth-order valence-electron chi connectivity index (χ4n) is 3.18. The first-order chi connectivity index (χ1) is 12.8. The molecule has 0 saturated heterocycles. The summed E-state index contributed by atoms with van der Waals surface area (Å²) in [6, 6.07) is 0.356. The van der Waals surface area contributed by atoms with Gasteiger partial charge in [-0.2, -0.15) is 0 Å². The highest BCUT2D eigenvalue weighted by atomic mass is 127. The lowest BCUT2D eigenvalue weighted by atomic mass is 9.86. The fourth-order valence-corrected chi connectivity index (χ4v) is 4.20. The van der Waals surface area contributed by atoms with Crippen molar-refractivity contribution in [1.82, 2.24) is 15.6 Å². The Morgan fingerprint density at radius 3 is 2.54 bits per heavy atom. The van der Waals surface area contributed by atoms with E-state index < -0.39 is 0 Å². The number of esters is 1. The van der Waals surface area contributed by atoms with Crippen molar-refractivity contribution in [1.29, 1.82) is 0 Å². The summed E-state index contributed by atoms with van der Waals surface area (Å²) >= 11 is 1.72. The van der Waals surface area contributed by atoms with Crippen LogP contribution in [0.25, 0.3) is 0 Å². The molecule has 28 heavy (non-hydrogen) atoms. The van der Waals surface area contributed by atoms with E-state index in [4.69, 9.17) is 9.72 Å². The van der Waals surface area contributed by atoms with Crippen LogP contribution >= 0.6 is 35.3 Å². The Labute approximate surface area is 190 Å². The molecule has 160 valence electrons. The zero-order valence-corrected chi connectivity index (χ0v) is 20.9. The quantitative estimate of drug-likeness (QED) is 0.257. The SMILES string of the molecule is CCOC(=O)C1CCC(NC(=NC)NCCc2nc(C(C)(C)C)cs2)CC1.I. The highest BCUT2D eigenvalue weighted by Gasteiger charge is 2.27. The predicted octanol–water partition coefficient (Wildman–Crippen LogP) is 3.89. The van der Waals surface area contributed by atoms with E-state index in [9.17, 15) is 4.79 Å². The van der Waals surface area contributed by atoms with E-state index in [2.05, 4.69) is 41.8 Å². The van der Waals surface area contributed by atoms with E-state index in [1.807, 2.05) is 6.92 Å². The fraction of sp³-hybridized carbons (Fsp3) is 0.750. The maximum absolute atomic E-state index is 11.8. The molecule has 1 aromatic heterocycles.